The second kappa shape index (κ2) is 11.0. The van der Waals surface area contributed by atoms with Crippen molar-refractivity contribution in [2.75, 3.05) is 10.6 Å². The Hall–Kier alpha value is -5.25. The Morgan fingerprint density at radius 2 is 1.62 bits per heavy atom. The van der Waals surface area contributed by atoms with Crippen LogP contribution in [0.1, 0.15) is 16.7 Å². The van der Waals surface area contributed by atoms with Crippen molar-refractivity contribution in [3.8, 4) is 0 Å². The average molecular weight is 498 g/mol. The molecule has 4 aromatic rings. The molecule has 3 N–H and O–H groups in total. The third kappa shape index (κ3) is 5.88. The highest BCUT2D eigenvalue weighted by Gasteiger charge is 2.23. The van der Waals surface area contributed by atoms with E-state index in [-0.39, 0.29) is 30.3 Å². The number of nitro benzene ring substituents is 1. The van der Waals surface area contributed by atoms with Crippen molar-refractivity contribution in [2.45, 2.75) is 13.1 Å². The van der Waals surface area contributed by atoms with Gasteiger partial charge in [-0.3, -0.25) is 34.2 Å². The van der Waals surface area contributed by atoms with E-state index in [2.05, 4.69) is 4.98 Å². The van der Waals surface area contributed by atoms with Gasteiger partial charge >= 0.3 is 5.69 Å². The van der Waals surface area contributed by atoms with Crippen LogP contribution < -0.4 is 21.9 Å². The number of carbonyl (C=O) groups excluding carboxylic acids is 1. The molecule has 10 heteroatoms. The first-order valence-corrected chi connectivity index (χ1v) is 11.3. The number of amides is 1. The van der Waals surface area contributed by atoms with E-state index in [1.807, 2.05) is 36.4 Å². The Morgan fingerprint density at radius 1 is 0.973 bits per heavy atom. The van der Waals surface area contributed by atoms with Gasteiger partial charge in [-0.2, -0.15) is 0 Å². The van der Waals surface area contributed by atoms with Gasteiger partial charge in [0, 0.05) is 18.2 Å². The molecule has 186 valence electrons. The van der Waals surface area contributed by atoms with Gasteiger partial charge in [0.05, 0.1) is 18.0 Å². The maximum Gasteiger partial charge on any atom is 0.330 e. The van der Waals surface area contributed by atoms with Gasteiger partial charge in [0.25, 0.3) is 17.2 Å². The number of rotatable bonds is 8. The molecule has 0 saturated heterocycles. The van der Waals surface area contributed by atoms with Crippen LogP contribution in [0.4, 0.5) is 17.2 Å². The molecule has 0 saturated carbocycles. The minimum absolute atomic E-state index is 0.00419. The number of H-pyrrole nitrogens is 1. The quantitative estimate of drug-likeness (QED) is 0.217. The number of anilines is 2. The summed E-state index contributed by atoms with van der Waals surface area (Å²) in [5.74, 6) is -0.761. The lowest BCUT2D eigenvalue weighted by molar-refractivity contribution is -0.384. The smallest absolute Gasteiger partial charge is 0.330 e. The first-order valence-electron chi connectivity index (χ1n) is 11.3. The number of nitrogens with one attached hydrogen (secondary N) is 1. The number of nitrogen functional groups attached to an aromatic ring is 1. The number of non-ortho nitro benzene ring substituents is 1. The van der Waals surface area contributed by atoms with E-state index in [1.54, 1.807) is 30.3 Å². The molecule has 37 heavy (non-hydrogen) atoms. The largest absolute Gasteiger partial charge is 0.383 e. The lowest BCUT2D eigenvalue weighted by Gasteiger charge is -2.23. The van der Waals surface area contributed by atoms with Crippen LogP contribution in [0.15, 0.2) is 101 Å². The molecule has 0 aliphatic carbocycles. The molecule has 0 spiro atoms. The number of hydrogen-bond donors (Lipinski definition) is 2. The van der Waals surface area contributed by atoms with Crippen LogP contribution in [0.3, 0.4) is 0 Å². The summed E-state index contributed by atoms with van der Waals surface area (Å²) in [6.45, 7) is 0.0853. The minimum Gasteiger partial charge on any atom is -0.383 e. The first kappa shape index (κ1) is 24.9. The summed E-state index contributed by atoms with van der Waals surface area (Å²) in [5, 5.41) is 11.1. The standard InChI is InChI=1S/C27H23N5O5/c28-25-24(26(34)29-27(35)31(25)18-21-10-5-2-6-11-21)30(17-20-8-3-1-4-9-20)23(33)15-14-19-12-7-13-22(16-19)32(36)37/h1-16H,17-18,28H2,(H,29,34,35)/b15-14+. The molecule has 0 fully saturated rings. The zero-order valence-electron chi connectivity index (χ0n) is 19.6. The molecular formula is C27H23N5O5. The molecule has 1 aromatic heterocycles. The lowest BCUT2D eigenvalue weighted by atomic mass is 10.1. The second-order valence-corrected chi connectivity index (χ2v) is 8.16. The highest BCUT2D eigenvalue weighted by molar-refractivity contribution is 6.05. The number of aromatic amines is 1. The van der Waals surface area contributed by atoms with Crippen LogP contribution in [0.25, 0.3) is 6.08 Å². The minimum atomic E-state index is -0.806. The lowest BCUT2D eigenvalue weighted by Crippen LogP contribution is -2.40. The summed E-state index contributed by atoms with van der Waals surface area (Å²) in [6.07, 6.45) is 2.62. The summed E-state index contributed by atoms with van der Waals surface area (Å²) in [7, 11) is 0. The average Bonchev–Trinajstić information content (AvgIpc) is 2.90. The number of benzene rings is 3. The van der Waals surface area contributed by atoms with Crippen LogP contribution in [0, 0.1) is 10.1 Å². The monoisotopic (exact) mass is 497 g/mol. The van der Waals surface area contributed by atoms with Crippen LogP contribution in [-0.2, 0) is 17.9 Å². The third-order valence-corrected chi connectivity index (χ3v) is 5.62. The predicted octanol–water partition coefficient (Wildman–Crippen LogP) is 3.32. The molecule has 0 atom stereocenters. The maximum atomic E-state index is 13.4. The summed E-state index contributed by atoms with van der Waals surface area (Å²) in [4.78, 5) is 53.0. The molecule has 1 amide bonds. The van der Waals surface area contributed by atoms with E-state index in [9.17, 15) is 24.5 Å². The Balaban J connectivity index is 1.77. The van der Waals surface area contributed by atoms with E-state index in [4.69, 9.17) is 5.73 Å². The van der Waals surface area contributed by atoms with Crippen molar-refractivity contribution in [1.29, 1.82) is 0 Å². The van der Waals surface area contributed by atoms with Crippen molar-refractivity contribution in [1.82, 2.24) is 9.55 Å². The normalized spacial score (nSPS) is 10.9. The molecular weight excluding hydrogens is 474 g/mol. The Bertz CT molecular complexity index is 1580. The van der Waals surface area contributed by atoms with E-state index in [1.165, 1.54) is 39.8 Å². The van der Waals surface area contributed by atoms with E-state index >= 15 is 0 Å². The molecule has 0 aliphatic rings. The second-order valence-electron chi connectivity index (χ2n) is 8.16. The van der Waals surface area contributed by atoms with Crippen molar-refractivity contribution < 1.29 is 9.72 Å². The van der Waals surface area contributed by atoms with Gasteiger partial charge in [-0.1, -0.05) is 72.8 Å². The summed E-state index contributed by atoms with van der Waals surface area (Å²) >= 11 is 0. The number of nitrogens with two attached hydrogens (primary N) is 1. The summed E-state index contributed by atoms with van der Waals surface area (Å²) in [5.41, 5.74) is 6.47. The van der Waals surface area contributed by atoms with Gasteiger partial charge < -0.3 is 5.73 Å². The van der Waals surface area contributed by atoms with Crippen LogP contribution in [0.2, 0.25) is 0 Å². The van der Waals surface area contributed by atoms with Crippen molar-refractivity contribution in [2.24, 2.45) is 0 Å². The van der Waals surface area contributed by atoms with Crippen LogP contribution in [0.5, 0.6) is 0 Å². The molecule has 0 aliphatic heterocycles. The third-order valence-electron chi connectivity index (χ3n) is 5.62. The number of carbonyl (C=O) groups is 1. The van der Waals surface area contributed by atoms with E-state index < -0.39 is 22.1 Å². The van der Waals surface area contributed by atoms with Crippen molar-refractivity contribution >= 4 is 29.2 Å². The van der Waals surface area contributed by atoms with Gasteiger partial charge in [-0.15, -0.1) is 0 Å². The first-order chi connectivity index (χ1) is 17.8. The number of nitro groups is 1. The zero-order chi connectivity index (χ0) is 26.4. The molecule has 1 heterocycles. The summed E-state index contributed by atoms with van der Waals surface area (Å²) < 4.78 is 1.20. The number of hydrogen-bond acceptors (Lipinski definition) is 6. The highest BCUT2D eigenvalue weighted by atomic mass is 16.6. The molecule has 0 unspecified atom stereocenters. The van der Waals surface area contributed by atoms with Gasteiger partial charge in [0.1, 0.15) is 5.82 Å². The van der Waals surface area contributed by atoms with Crippen molar-refractivity contribution in [3.63, 3.8) is 0 Å². The molecule has 4 rings (SSSR count). The highest BCUT2D eigenvalue weighted by Crippen LogP contribution is 2.22. The molecule has 3 aromatic carbocycles. The van der Waals surface area contributed by atoms with E-state index in [0.717, 1.165) is 11.1 Å². The number of aromatic nitrogens is 2. The topological polar surface area (TPSA) is 144 Å². The molecule has 0 radical (unpaired) electrons. The fourth-order valence-corrected chi connectivity index (χ4v) is 3.79. The van der Waals surface area contributed by atoms with Crippen LogP contribution >= 0.6 is 0 Å². The molecule has 10 nitrogen and oxygen atoms in total. The van der Waals surface area contributed by atoms with E-state index in [0.29, 0.717) is 5.56 Å². The fourth-order valence-electron chi connectivity index (χ4n) is 3.79. The Morgan fingerprint density at radius 3 is 2.27 bits per heavy atom. The zero-order valence-corrected chi connectivity index (χ0v) is 19.6. The Kier molecular flexibility index (Phi) is 7.39. The molecule has 0 bridgehead atoms. The summed E-state index contributed by atoms with van der Waals surface area (Å²) in [6, 6.07) is 23.8. The fraction of sp³-hybridized carbons (Fsp3) is 0.0741. The maximum absolute atomic E-state index is 13.4. The van der Waals surface area contributed by atoms with Crippen LogP contribution in [-0.4, -0.2) is 20.4 Å². The van der Waals surface area contributed by atoms with Gasteiger partial charge in [-0.25, -0.2) is 4.79 Å². The van der Waals surface area contributed by atoms with Gasteiger partial charge in [0.2, 0.25) is 0 Å². The van der Waals surface area contributed by atoms with Gasteiger partial charge in [0.15, 0.2) is 5.69 Å². The van der Waals surface area contributed by atoms with Gasteiger partial charge in [-0.05, 0) is 22.8 Å². The number of nitrogens with zero attached hydrogens (tertiary/aromatic N) is 3. The van der Waals surface area contributed by atoms with Crippen molar-refractivity contribution in [3.05, 3.63) is 139 Å². The predicted molar refractivity (Wildman–Crippen MR) is 141 cm³/mol. The SMILES string of the molecule is Nc1c(N(Cc2ccccc2)C(=O)/C=C/c2cccc([N+](=O)[O-])c2)c(=O)[nH]c(=O)n1Cc1ccccc1. The Labute approximate surface area is 211 Å².